The fourth-order valence-electron chi connectivity index (χ4n) is 3.44. The lowest BCUT2D eigenvalue weighted by Gasteiger charge is -2.30. The van der Waals surface area contributed by atoms with Gasteiger partial charge in [-0.1, -0.05) is 6.92 Å². The van der Waals surface area contributed by atoms with Crippen molar-refractivity contribution in [1.82, 2.24) is 9.88 Å². The van der Waals surface area contributed by atoms with E-state index in [9.17, 15) is 4.79 Å². The fourth-order valence-corrected chi connectivity index (χ4v) is 4.16. The quantitative estimate of drug-likeness (QED) is 0.865. The number of hydrogen-bond donors (Lipinski definition) is 1. The van der Waals surface area contributed by atoms with E-state index >= 15 is 0 Å². The van der Waals surface area contributed by atoms with Gasteiger partial charge in [-0.25, -0.2) is 4.98 Å². The van der Waals surface area contributed by atoms with Gasteiger partial charge < -0.3 is 10.1 Å². The zero-order valence-corrected chi connectivity index (χ0v) is 14.7. The first-order valence-electron chi connectivity index (χ1n) is 8.77. The molecule has 0 aromatic carbocycles. The van der Waals surface area contributed by atoms with Crippen molar-refractivity contribution in [2.24, 2.45) is 5.92 Å². The third-order valence-corrected chi connectivity index (χ3v) is 5.45. The Balaban J connectivity index is 1.42. The lowest BCUT2D eigenvalue weighted by atomic mass is 10.0. The molecule has 1 N–H and O–H groups in total. The van der Waals surface area contributed by atoms with Crippen molar-refractivity contribution in [3.05, 3.63) is 11.1 Å². The number of nitrogens with one attached hydrogen (secondary N) is 1. The molecule has 5 nitrogen and oxygen atoms in total. The number of rotatable bonds is 6. The summed E-state index contributed by atoms with van der Waals surface area (Å²) in [4.78, 5) is 19.0. The number of piperidine rings is 1. The summed E-state index contributed by atoms with van der Waals surface area (Å²) in [5.41, 5.74) is 1.07. The average Bonchev–Trinajstić information content (AvgIpc) is 3.17. The summed E-state index contributed by atoms with van der Waals surface area (Å²) in [6, 6.07) is 0. The predicted octanol–water partition coefficient (Wildman–Crippen LogP) is 3.27. The molecule has 0 aliphatic carbocycles. The smallest absolute Gasteiger partial charge is 0.226 e. The lowest BCUT2D eigenvalue weighted by molar-refractivity contribution is -0.116. The zero-order chi connectivity index (χ0) is 16.1. The van der Waals surface area contributed by atoms with Crippen LogP contribution in [0.2, 0.25) is 0 Å². The summed E-state index contributed by atoms with van der Waals surface area (Å²) in [5, 5.41) is 5.72. The van der Waals surface area contributed by atoms with Crippen LogP contribution >= 0.6 is 11.3 Å². The highest BCUT2D eigenvalue weighted by atomic mass is 32.1. The van der Waals surface area contributed by atoms with E-state index in [1.807, 2.05) is 0 Å². The number of likely N-dealkylation sites (tertiary alicyclic amines) is 1. The summed E-state index contributed by atoms with van der Waals surface area (Å²) < 4.78 is 5.55. The Morgan fingerprint density at radius 2 is 2.39 bits per heavy atom. The van der Waals surface area contributed by atoms with Crippen LogP contribution in [0.4, 0.5) is 5.13 Å². The van der Waals surface area contributed by atoms with Crippen molar-refractivity contribution < 1.29 is 9.53 Å². The molecule has 0 saturated carbocycles. The van der Waals surface area contributed by atoms with Gasteiger partial charge in [-0.15, -0.1) is 11.3 Å². The van der Waals surface area contributed by atoms with Crippen LogP contribution in [0.5, 0.6) is 0 Å². The third kappa shape index (κ3) is 5.26. The Bertz CT molecular complexity index is 514. The molecule has 0 spiro atoms. The summed E-state index contributed by atoms with van der Waals surface area (Å²) in [6.45, 7) is 6.36. The molecule has 2 fully saturated rings. The van der Waals surface area contributed by atoms with Gasteiger partial charge in [-0.05, 0) is 44.6 Å². The normalized spacial score (nSPS) is 25.6. The molecule has 3 rings (SSSR count). The molecule has 2 aliphatic rings. The van der Waals surface area contributed by atoms with E-state index in [0.29, 0.717) is 6.42 Å². The minimum atomic E-state index is 0.0491. The molecule has 0 radical (unpaired) electrons. The van der Waals surface area contributed by atoms with Gasteiger partial charge in [0, 0.05) is 31.5 Å². The highest BCUT2D eigenvalue weighted by Crippen LogP contribution is 2.22. The van der Waals surface area contributed by atoms with Crippen LogP contribution in [0.15, 0.2) is 5.38 Å². The second-order valence-electron chi connectivity index (χ2n) is 6.85. The average molecular weight is 337 g/mol. The lowest BCUT2D eigenvalue weighted by Crippen LogP contribution is -2.33. The number of hydrogen-bond acceptors (Lipinski definition) is 5. The van der Waals surface area contributed by atoms with Crippen molar-refractivity contribution in [1.29, 1.82) is 0 Å². The number of aromatic nitrogens is 1. The Labute approximate surface area is 142 Å². The van der Waals surface area contributed by atoms with E-state index in [1.165, 1.54) is 24.2 Å². The van der Waals surface area contributed by atoms with E-state index in [2.05, 4.69) is 27.5 Å². The minimum Gasteiger partial charge on any atom is -0.378 e. The molecule has 6 heteroatoms. The maximum atomic E-state index is 12.0. The zero-order valence-electron chi connectivity index (χ0n) is 13.9. The van der Waals surface area contributed by atoms with Crippen molar-refractivity contribution >= 4 is 22.4 Å². The van der Waals surface area contributed by atoms with Gasteiger partial charge in [-0.3, -0.25) is 9.69 Å². The number of carbonyl (C=O) groups is 1. The fraction of sp³-hybridized carbons (Fsp3) is 0.765. The summed E-state index contributed by atoms with van der Waals surface area (Å²) >= 11 is 1.52. The van der Waals surface area contributed by atoms with Gasteiger partial charge in [0.15, 0.2) is 5.13 Å². The van der Waals surface area contributed by atoms with Crippen LogP contribution in [0.3, 0.4) is 0 Å². The van der Waals surface area contributed by atoms with Crippen LogP contribution in [0.25, 0.3) is 0 Å². The van der Waals surface area contributed by atoms with Gasteiger partial charge in [0.05, 0.1) is 11.8 Å². The first-order valence-corrected chi connectivity index (χ1v) is 9.65. The monoisotopic (exact) mass is 337 g/mol. The number of amides is 1. The molecule has 23 heavy (non-hydrogen) atoms. The SMILES string of the molecule is CC1CCCN(Cc2csc(NC(=O)CC[C@@H]3CCCO3)n2)C1. The van der Waals surface area contributed by atoms with E-state index in [4.69, 9.17) is 4.74 Å². The predicted molar refractivity (Wildman–Crippen MR) is 92.6 cm³/mol. The second-order valence-corrected chi connectivity index (χ2v) is 7.71. The van der Waals surface area contributed by atoms with Crippen LogP contribution in [-0.4, -0.2) is 41.6 Å². The Kier molecular flexibility index (Phi) is 6.02. The van der Waals surface area contributed by atoms with Crippen molar-refractivity contribution in [2.75, 3.05) is 25.0 Å². The number of ether oxygens (including phenoxy) is 1. The Hall–Kier alpha value is -0.980. The van der Waals surface area contributed by atoms with E-state index in [0.717, 1.165) is 62.2 Å². The molecular weight excluding hydrogens is 310 g/mol. The van der Waals surface area contributed by atoms with Gasteiger partial charge in [0.1, 0.15) is 0 Å². The first-order chi connectivity index (χ1) is 11.2. The van der Waals surface area contributed by atoms with Crippen LogP contribution in [0, 0.1) is 5.92 Å². The highest BCUT2D eigenvalue weighted by Gasteiger charge is 2.19. The largest absolute Gasteiger partial charge is 0.378 e. The molecule has 128 valence electrons. The van der Waals surface area contributed by atoms with E-state index < -0.39 is 0 Å². The molecule has 2 aliphatic heterocycles. The van der Waals surface area contributed by atoms with Crippen LogP contribution < -0.4 is 5.32 Å². The van der Waals surface area contributed by atoms with Crippen LogP contribution in [0.1, 0.15) is 51.1 Å². The molecule has 2 saturated heterocycles. The number of thiazole rings is 1. The van der Waals surface area contributed by atoms with Gasteiger partial charge in [0.2, 0.25) is 5.91 Å². The molecule has 1 unspecified atom stereocenters. The summed E-state index contributed by atoms with van der Waals surface area (Å²) in [7, 11) is 0. The summed E-state index contributed by atoms with van der Waals surface area (Å²) in [5.74, 6) is 0.826. The van der Waals surface area contributed by atoms with Crippen LogP contribution in [-0.2, 0) is 16.1 Å². The molecule has 1 aromatic heterocycles. The van der Waals surface area contributed by atoms with E-state index in [-0.39, 0.29) is 12.0 Å². The molecule has 1 aromatic rings. The van der Waals surface area contributed by atoms with Crippen molar-refractivity contribution in [3.63, 3.8) is 0 Å². The Morgan fingerprint density at radius 3 is 3.17 bits per heavy atom. The number of carbonyl (C=O) groups excluding carboxylic acids is 1. The maximum absolute atomic E-state index is 12.0. The highest BCUT2D eigenvalue weighted by molar-refractivity contribution is 7.13. The summed E-state index contributed by atoms with van der Waals surface area (Å²) in [6.07, 6.45) is 6.42. The number of anilines is 1. The van der Waals surface area contributed by atoms with Crippen molar-refractivity contribution in [2.45, 2.75) is 58.1 Å². The van der Waals surface area contributed by atoms with Gasteiger partial charge in [0.25, 0.3) is 0 Å². The topological polar surface area (TPSA) is 54.5 Å². The standard InChI is InChI=1S/C17H27N3O2S/c1-13-4-2-8-20(10-13)11-14-12-23-17(18-14)19-16(21)7-6-15-5-3-9-22-15/h12-13,15H,2-11H2,1H3,(H,18,19,21)/t13?,15-/m0/s1. The van der Waals surface area contributed by atoms with Gasteiger partial charge >= 0.3 is 0 Å². The van der Waals surface area contributed by atoms with Crippen molar-refractivity contribution in [3.8, 4) is 0 Å². The Morgan fingerprint density at radius 1 is 1.48 bits per heavy atom. The molecule has 3 heterocycles. The van der Waals surface area contributed by atoms with Gasteiger partial charge in [-0.2, -0.15) is 0 Å². The molecule has 0 bridgehead atoms. The minimum absolute atomic E-state index is 0.0491. The number of nitrogens with zero attached hydrogens (tertiary/aromatic N) is 2. The molecule has 1 amide bonds. The molecular formula is C17H27N3O2S. The third-order valence-electron chi connectivity index (χ3n) is 4.64. The molecule has 2 atom stereocenters. The first kappa shape index (κ1) is 16.9. The van der Waals surface area contributed by atoms with E-state index in [1.54, 1.807) is 0 Å². The second kappa shape index (κ2) is 8.22. The maximum Gasteiger partial charge on any atom is 0.226 e.